The van der Waals surface area contributed by atoms with Crippen molar-refractivity contribution in [2.45, 2.75) is 419 Å². The average molecular weight is 1070 g/mol. The summed E-state index contributed by atoms with van der Waals surface area (Å²) in [6.45, 7) is 6.73. The Hall–Kier alpha value is -1.59. The summed E-state index contributed by atoms with van der Waals surface area (Å²) < 4.78 is 17.0. The Kier molecular flexibility index (Phi) is 64.5. The summed E-state index contributed by atoms with van der Waals surface area (Å²) in [5.74, 6) is -0.824. The molecular formula is C70H136O6. The first-order chi connectivity index (χ1) is 37.5. The van der Waals surface area contributed by atoms with Crippen molar-refractivity contribution in [2.24, 2.45) is 0 Å². The third kappa shape index (κ3) is 63.2. The minimum atomic E-state index is -0.762. The van der Waals surface area contributed by atoms with Crippen molar-refractivity contribution in [3.8, 4) is 0 Å². The quantitative estimate of drug-likeness (QED) is 0.0343. The molecule has 0 radical (unpaired) electrons. The maximum Gasteiger partial charge on any atom is 0.306 e. The lowest BCUT2D eigenvalue weighted by atomic mass is 10.0. The molecule has 0 rings (SSSR count). The van der Waals surface area contributed by atoms with Crippen molar-refractivity contribution < 1.29 is 28.6 Å². The summed E-state index contributed by atoms with van der Waals surface area (Å²) in [7, 11) is 0. The van der Waals surface area contributed by atoms with Crippen molar-refractivity contribution in [1.82, 2.24) is 0 Å². The molecule has 0 saturated carbocycles. The van der Waals surface area contributed by atoms with Crippen LogP contribution in [0.15, 0.2) is 0 Å². The van der Waals surface area contributed by atoms with Crippen LogP contribution in [0.5, 0.6) is 0 Å². The largest absolute Gasteiger partial charge is 0.462 e. The van der Waals surface area contributed by atoms with E-state index in [4.69, 9.17) is 14.2 Å². The van der Waals surface area contributed by atoms with Crippen LogP contribution >= 0.6 is 0 Å². The molecule has 0 bridgehead atoms. The monoisotopic (exact) mass is 1070 g/mol. The van der Waals surface area contributed by atoms with Crippen LogP contribution in [-0.4, -0.2) is 37.2 Å². The van der Waals surface area contributed by atoms with Crippen LogP contribution in [-0.2, 0) is 28.6 Å². The minimum Gasteiger partial charge on any atom is -0.462 e. The van der Waals surface area contributed by atoms with E-state index >= 15 is 0 Å². The second-order valence-electron chi connectivity index (χ2n) is 24.2. The van der Waals surface area contributed by atoms with Crippen molar-refractivity contribution >= 4 is 17.9 Å². The van der Waals surface area contributed by atoms with Gasteiger partial charge in [-0.15, -0.1) is 0 Å². The van der Waals surface area contributed by atoms with E-state index in [9.17, 15) is 14.4 Å². The van der Waals surface area contributed by atoms with Crippen LogP contribution in [0.4, 0.5) is 0 Å². The van der Waals surface area contributed by atoms with Gasteiger partial charge in [-0.2, -0.15) is 0 Å². The zero-order chi connectivity index (χ0) is 55.0. The van der Waals surface area contributed by atoms with Gasteiger partial charge in [-0.25, -0.2) is 0 Å². The van der Waals surface area contributed by atoms with E-state index in [2.05, 4.69) is 20.8 Å². The molecule has 1 unspecified atom stereocenters. The predicted octanol–water partition coefficient (Wildman–Crippen LogP) is 23.8. The molecule has 1 atom stereocenters. The number of esters is 3. The zero-order valence-corrected chi connectivity index (χ0v) is 52.1. The number of hydrogen-bond donors (Lipinski definition) is 0. The fourth-order valence-electron chi connectivity index (χ4n) is 11.1. The van der Waals surface area contributed by atoms with Crippen molar-refractivity contribution in [2.75, 3.05) is 13.2 Å². The van der Waals surface area contributed by atoms with E-state index in [1.165, 1.54) is 315 Å². The van der Waals surface area contributed by atoms with E-state index in [-0.39, 0.29) is 31.1 Å². The van der Waals surface area contributed by atoms with Gasteiger partial charge in [-0.3, -0.25) is 14.4 Å². The van der Waals surface area contributed by atoms with E-state index in [1.807, 2.05) is 0 Å². The van der Waals surface area contributed by atoms with Gasteiger partial charge >= 0.3 is 17.9 Å². The summed E-state index contributed by atoms with van der Waals surface area (Å²) in [6.07, 6.45) is 77.1. The van der Waals surface area contributed by atoms with Crippen LogP contribution in [0.25, 0.3) is 0 Å². The number of rotatable bonds is 66. The maximum atomic E-state index is 12.9. The molecule has 0 saturated heterocycles. The highest BCUT2D eigenvalue weighted by atomic mass is 16.6. The van der Waals surface area contributed by atoms with Crippen LogP contribution in [0, 0.1) is 0 Å². The predicted molar refractivity (Wildman–Crippen MR) is 330 cm³/mol. The molecule has 6 nitrogen and oxygen atoms in total. The number of carbonyl (C=O) groups is 3. The van der Waals surface area contributed by atoms with E-state index in [0.29, 0.717) is 19.3 Å². The Morgan fingerprint density at radius 3 is 0.526 bits per heavy atom. The Morgan fingerprint density at radius 2 is 0.355 bits per heavy atom. The highest BCUT2D eigenvalue weighted by Gasteiger charge is 2.19. The van der Waals surface area contributed by atoms with Gasteiger partial charge < -0.3 is 14.2 Å². The molecule has 0 heterocycles. The van der Waals surface area contributed by atoms with E-state index < -0.39 is 6.10 Å². The standard InChI is InChI=1S/C70H136O6/c1-4-7-10-13-16-19-22-25-28-29-30-31-32-33-34-35-36-37-38-39-40-41-42-43-46-48-51-54-57-60-63-69(72)75-66-67(76-70(73)64-61-58-55-52-49-45-27-24-21-18-15-12-9-6-3)65-74-68(71)62-59-56-53-50-47-44-26-23-20-17-14-11-8-5-2/h67H,4-66H2,1-3H3. The van der Waals surface area contributed by atoms with E-state index in [0.717, 1.165) is 57.8 Å². The van der Waals surface area contributed by atoms with Gasteiger partial charge in [0.2, 0.25) is 0 Å². The molecule has 0 fully saturated rings. The third-order valence-electron chi connectivity index (χ3n) is 16.4. The second-order valence-corrected chi connectivity index (χ2v) is 24.2. The van der Waals surface area contributed by atoms with Crippen LogP contribution in [0.2, 0.25) is 0 Å². The molecular weight excluding hydrogens is 937 g/mol. The second kappa shape index (κ2) is 65.9. The first-order valence-electron chi connectivity index (χ1n) is 35.0. The zero-order valence-electron chi connectivity index (χ0n) is 52.1. The summed E-state index contributed by atoms with van der Waals surface area (Å²) in [6, 6.07) is 0. The highest BCUT2D eigenvalue weighted by molar-refractivity contribution is 5.71. The molecule has 0 amide bonds. The molecule has 6 heteroatoms. The molecule has 76 heavy (non-hydrogen) atoms. The highest BCUT2D eigenvalue weighted by Crippen LogP contribution is 2.19. The number of hydrogen-bond acceptors (Lipinski definition) is 6. The summed E-state index contributed by atoms with van der Waals surface area (Å²) in [4.78, 5) is 38.3. The first kappa shape index (κ1) is 74.4. The fraction of sp³-hybridized carbons (Fsp3) is 0.957. The van der Waals surface area contributed by atoms with Crippen molar-refractivity contribution in [3.05, 3.63) is 0 Å². The molecule has 0 N–H and O–H groups in total. The minimum absolute atomic E-state index is 0.0605. The third-order valence-corrected chi connectivity index (χ3v) is 16.4. The van der Waals surface area contributed by atoms with Crippen LogP contribution in [0.3, 0.4) is 0 Å². The Labute approximate surface area is 476 Å². The molecule has 452 valence electrons. The fourth-order valence-corrected chi connectivity index (χ4v) is 11.1. The van der Waals surface area contributed by atoms with Gasteiger partial charge in [-0.1, -0.05) is 374 Å². The molecule has 0 aromatic rings. The van der Waals surface area contributed by atoms with Gasteiger partial charge in [0.25, 0.3) is 0 Å². The topological polar surface area (TPSA) is 78.9 Å². The lowest BCUT2D eigenvalue weighted by Crippen LogP contribution is -2.30. The van der Waals surface area contributed by atoms with E-state index in [1.54, 1.807) is 0 Å². The average Bonchev–Trinajstić information content (AvgIpc) is 3.42. The Morgan fingerprint density at radius 1 is 0.211 bits per heavy atom. The van der Waals surface area contributed by atoms with Crippen molar-refractivity contribution in [3.63, 3.8) is 0 Å². The van der Waals surface area contributed by atoms with Crippen LogP contribution < -0.4 is 0 Å². The molecule has 0 aliphatic heterocycles. The lowest BCUT2D eigenvalue weighted by molar-refractivity contribution is -0.167. The smallest absolute Gasteiger partial charge is 0.306 e. The van der Waals surface area contributed by atoms with Gasteiger partial charge in [0.05, 0.1) is 0 Å². The first-order valence-corrected chi connectivity index (χ1v) is 35.0. The van der Waals surface area contributed by atoms with Gasteiger partial charge in [0.15, 0.2) is 6.10 Å². The van der Waals surface area contributed by atoms with Crippen LogP contribution in [0.1, 0.15) is 412 Å². The molecule has 0 aromatic carbocycles. The number of carbonyl (C=O) groups excluding carboxylic acids is 3. The summed E-state index contributed by atoms with van der Waals surface area (Å²) in [5, 5.41) is 0. The Balaban J connectivity index is 4.08. The molecule has 0 aromatic heterocycles. The van der Waals surface area contributed by atoms with Gasteiger partial charge in [0, 0.05) is 19.3 Å². The molecule has 0 aliphatic carbocycles. The Bertz CT molecular complexity index is 1140. The summed E-state index contributed by atoms with van der Waals surface area (Å²) in [5.41, 5.74) is 0. The maximum absolute atomic E-state index is 12.9. The lowest BCUT2D eigenvalue weighted by Gasteiger charge is -2.18. The number of unbranched alkanes of at least 4 members (excludes halogenated alkanes) is 55. The summed E-state index contributed by atoms with van der Waals surface area (Å²) >= 11 is 0. The molecule has 0 aliphatic rings. The number of ether oxygens (including phenoxy) is 3. The van der Waals surface area contributed by atoms with Gasteiger partial charge in [-0.05, 0) is 19.3 Å². The van der Waals surface area contributed by atoms with Crippen molar-refractivity contribution in [1.29, 1.82) is 0 Å². The SMILES string of the molecule is CCCCCCCCCCCCCCCCCCCCCCCCCCCCCCCCC(=O)OCC(COC(=O)CCCCCCCCCCCCCCCC)OC(=O)CCCCCCCCCCCCCCCC. The molecule has 0 spiro atoms. The van der Waals surface area contributed by atoms with Gasteiger partial charge in [0.1, 0.15) is 13.2 Å². The normalized spacial score (nSPS) is 11.9.